The minimum atomic E-state index is -0.0454. The second-order valence-electron chi connectivity index (χ2n) is 5.38. The molecular weight excluding hydrogens is 288 g/mol. The van der Waals surface area contributed by atoms with Crippen LogP contribution in [0.2, 0.25) is 0 Å². The molecule has 0 aliphatic carbocycles. The van der Waals surface area contributed by atoms with E-state index in [0.29, 0.717) is 6.42 Å². The number of carbonyl (C=O) groups excluding carboxylic acids is 1. The van der Waals surface area contributed by atoms with E-state index in [1.165, 1.54) is 6.33 Å². The first-order valence-corrected chi connectivity index (χ1v) is 7.50. The van der Waals surface area contributed by atoms with Gasteiger partial charge in [-0.1, -0.05) is 42.5 Å². The molecule has 5 heteroatoms. The van der Waals surface area contributed by atoms with E-state index in [1.807, 2.05) is 61.5 Å². The summed E-state index contributed by atoms with van der Waals surface area (Å²) in [6, 6.07) is 17.6. The van der Waals surface area contributed by atoms with Crippen molar-refractivity contribution in [3.05, 3.63) is 78.4 Å². The molecule has 0 aliphatic rings. The lowest BCUT2D eigenvalue weighted by Crippen LogP contribution is -2.28. The predicted octanol–water partition coefficient (Wildman–Crippen LogP) is 2.69. The van der Waals surface area contributed by atoms with Gasteiger partial charge in [0.05, 0.1) is 18.2 Å². The number of nitrogens with zero attached hydrogens (tertiary/aromatic N) is 3. The van der Waals surface area contributed by atoms with Gasteiger partial charge >= 0.3 is 0 Å². The standard InChI is InChI=1S/C18H18N4O/c1-14(21-18(23)11-15-5-3-2-4-6-15)16-7-9-17(10-8-16)22-13-19-12-20-22/h2-10,12-14H,11H2,1H3,(H,21,23)/t14-/m1/s1. The van der Waals surface area contributed by atoms with Gasteiger partial charge < -0.3 is 5.32 Å². The Morgan fingerprint density at radius 2 is 1.87 bits per heavy atom. The van der Waals surface area contributed by atoms with Gasteiger partial charge in [-0.05, 0) is 30.2 Å². The summed E-state index contributed by atoms with van der Waals surface area (Å²) in [4.78, 5) is 16.0. The van der Waals surface area contributed by atoms with Gasteiger partial charge in [0.1, 0.15) is 12.7 Å². The minimum absolute atomic E-state index is 0.0176. The lowest BCUT2D eigenvalue weighted by Gasteiger charge is -2.15. The normalized spacial score (nSPS) is 11.9. The van der Waals surface area contributed by atoms with Crippen LogP contribution in [0.5, 0.6) is 0 Å². The van der Waals surface area contributed by atoms with Crippen LogP contribution >= 0.6 is 0 Å². The first kappa shape index (κ1) is 15.0. The van der Waals surface area contributed by atoms with Gasteiger partial charge in [-0.2, -0.15) is 5.10 Å². The maximum absolute atomic E-state index is 12.1. The molecule has 0 spiro atoms. The lowest BCUT2D eigenvalue weighted by atomic mass is 10.1. The van der Waals surface area contributed by atoms with Gasteiger partial charge in [-0.3, -0.25) is 4.79 Å². The van der Waals surface area contributed by atoms with Crippen LogP contribution in [0.1, 0.15) is 24.1 Å². The monoisotopic (exact) mass is 306 g/mol. The molecule has 0 aliphatic heterocycles. The topological polar surface area (TPSA) is 59.8 Å². The van der Waals surface area contributed by atoms with Crippen molar-refractivity contribution < 1.29 is 4.79 Å². The maximum Gasteiger partial charge on any atom is 0.224 e. The third-order valence-electron chi connectivity index (χ3n) is 3.66. The van der Waals surface area contributed by atoms with Gasteiger partial charge in [0.2, 0.25) is 5.91 Å². The van der Waals surface area contributed by atoms with E-state index in [1.54, 1.807) is 11.0 Å². The Hall–Kier alpha value is -2.95. The number of benzene rings is 2. The van der Waals surface area contributed by atoms with E-state index in [4.69, 9.17) is 0 Å². The van der Waals surface area contributed by atoms with Crippen LogP contribution in [0, 0.1) is 0 Å². The Morgan fingerprint density at radius 3 is 2.52 bits per heavy atom. The van der Waals surface area contributed by atoms with Crippen LogP contribution < -0.4 is 5.32 Å². The highest BCUT2D eigenvalue weighted by atomic mass is 16.1. The fourth-order valence-corrected chi connectivity index (χ4v) is 2.41. The summed E-state index contributed by atoms with van der Waals surface area (Å²) in [5.41, 5.74) is 3.00. The summed E-state index contributed by atoms with van der Waals surface area (Å²) in [5, 5.41) is 7.12. The fourth-order valence-electron chi connectivity index (χ4n) is 2.41. The summed E-state index contributed by atoms with van der Waals surface area (Å²) in [5.74, 6) is 0.0176. The number of hydrogen-bond donors (Lipinski definition) is 1. The molecule has 0 saturated heterocycles. The molecule has 1 N–H and O–H groups in total. The van der Waals surface area contributed by atoms with Crippen molar-refractivity contribution in [1.29, 1.82) is 0 Å². The fraction of sp³-hybridized carbons (Fsp3) is 0.167. The molecule has 1 aromatic heterocycles. The highest BCUT2D eigenvalue weighted by Gasteiger charge is 2.10. The first-order chi connectivity index (χ1) is 11.2. The Labute approximate surface area is 135 Å². The first-order valence-electron chi connectivity index (χ1n) is 7.50. The lowest BCUT2D eigenvalue weighted by molar-refractivity contribution is -0.121. The van der Waals surface area contributed by atoms with E-state index < -0.39 is 0 Å². The van der Waals surface area contributed by atoms with E-state index in [0.717, 1.165) is 16.8 Å². The van der Waals surface area contributed by atoms with Crippen molar-refractivity contribution in [2.24, 2.45) is 0 Å². The van der Waals surface area contributed by atoms with Crippen LogP contribution in [0.3, 0.4) is 0 Å². The van der Waals surface area contributed by atoms with Crippen molar-refractivity contribution >= 4 is 5.91 Å². The number of aromatic nitrogens is 3. The molecule has 1 atom stereocenters. The molecule has 0 fully saturated rings. The zero-order valence-corrected chi connectivity index (χ0v) is 12.9. The van der Waals surface area contributed by atoms with Crippen molar-refractivity contribution in [3.8, 4) is 5.69 Å². The molecule has 3 aromatic rings. The Balaban J connectivity index is 1.61. The van der Waals surface area contributed by atoms with Crippen LogP contribution in [-0.2, 0) is 11.2 Å². The second kappa shape index (κ2) is 6.87. The molecule has 116 valence electrons. The van der Waals surface area contributed by atoms with Gasteiger partial charge in [0.15, 0.2) is 0 Å². The molecule has 2 aromatic carbocycles. The minimum Gasteiger partial charge on any atom is -0.349 e. The number of hydrogen-bond acceptors (Lipinski definition) is 3. The average Bonchev–Trinajstić information content (AvgIpc) is 3.10. The molecule has 1 heterocycles. The van der Waals surface area contributed by atoms with Crippen molar-refractivity contribution in [2.45, 2.75) is 19.4 Å². The highest BCUT2D eigenvalue weighted by molar-refractivity contribution is 5.79. The van der Waals surface area contributed by atoms with Crippen molar-refractivity contribution in [2.75, 3.05) is 0 Å². The molecule has 0 bridgehead atoms. The number of carbonyl (C=O) groups is 1. The molecule has 0 unspecified atom stereocenters. The van der Waals surface area contributed by atoms with E-state index >= 15 is 0 Å². The van der Waals surface area contributed by atoms with Crippen LogP contribution in [-0.4, -0.2) is 20.7 Å². The summed E-state index contributed by atoms with van der Waals surface area (Å²) in [7, 11) is 0. The molecular formula is C18H18N4O. The SMILES string of the molecule is C[C@@H](NC(=O)Cc1ccccc1)c1ccc(-n2cncn2)cc1. The van der Waals surface area contributed by atoms with E-state index in [9.17, 15) is 4.79 Å². The number of rotatable bonds is 5. The molecule has 23 heavy (non-hydrogen) atoms. The van der Waals surface area contributed by atoms with Crippen molar-refractivity contribution in [3.63, 3.8) is 0 Å². The number of nitrogens with one attached hydrogen (secondary N) is 1. The third-order valence-corrected chi connectivity index (χ3v) is 3.66. The molecule has 5 nitrogen and oxygen atoms in total. The zero-order valence-electron chi connectivity index (χ0n) is 12.9. The largest absolute Gasteiger partial charge is 0.349 e. The second-order valence-corrected chi connectivity index (χ2v) is 5.38. The summed E-state index contributed by atoms with van der Waals surface area (Å²) < 4.78 is 1.70. The van der Waals surface area contributed by atoms with E-state index in [-0.39, 0.29) is 11.9 Å². The molecule has 1 amide bonds. The van der Waals surface area contributed by atoms with Crippen molar-refractivity contribution in [1.82, 2.24) is 20.1 Å². The van der Waals surface area contributed by atoms with Gasteiger partial charge in [0, 0.05) is 0 Å². The Kier molecular flexibility index (Phi) is 4.47. The smallest absolute Gasteiger partial charge is 0.224 e. The Bertz CT molecular complexity index is 751. The highest BCUT2D eigenvalue weighted by Crippen LogP contribution is 2.15. The number of amides is 1. The quantitative estimate of drug-likeness (QED) is 0.788. The van der Waals surface area contributed by atoms with Gasteiger partial charge in [0.25, 0.3) is 0 Å². The van der Waals surface area contributed by atoms with Gasteiger partial charge in [-0.15, -0.1) is 0 Å². The van der Waals surface area contributed by atoms with Crippen LogP contribution in [0.15, 0.2) is 67.3 Å². The molecule has 0 radical (unpaired) electrons. The molecule has 3 rings (SSSR count). The third kappa shape index (κ3) is 3.83. The molecule has 0 saturated carbocycles. The van der Waals surface area contributed by atoms with Crippen LogP contribution in [0.4, 0.5) is 0 Å². The van der Waals surface area contributed by atoms with Gasteiger partial charge in [-0.25, -0.2) is 9.67 Å². The summed E-state index contributed by atoms with van der Waals surface area (Å²) >= 11 is 0. The van der Waals surface area contributed by atoms with E-state index in [2.05, 4.69) is 15.4 Å². The Morgan fingerprint density at radius 1 is 1.13 bits per heavy atom. The predicted molar refractivity (Wildman–Crippen MR) is 88.1 cm³/mol. The van der Waals surface area contributed by atoms with Crippen LogP contribution in [0.25, 0.3) is 5.69 Å². The summed E-state index contributed by atoms with van der Waals surface area (Å²) in [6.07, 6.45) is 3.54. The summed E-state index contributed by atoms with van der Waals surface area (Å²) in [6.45, 7) is 1.98. The zero-order chi connectivity index (χ0) is 16.1. The average molecular weight is 306 g/mol. The maximum atomic E-state index is 12.1.